The highest BCUT2D eigenvalue weighted by atomic mass is 19.1. The molecule has 0 radical (unpaired) electrons. The van der Waals surface area contributed by atoms with Gasteiger partial charge in [0.2, 0.25) is 0 Å². The molecule has 0 aliphatic rings. The Morgan fingerprint density at radius 1 is 1.05 bits per heavy atom. The van der Waals surface area contributed by atoms with Crippen LogP contribution in [0.15, 0.2) is 54.6 Å². The summed E-state index contributed by atoms with van der Waals surface area (Å²) >= 11 is 0. The molecule has 3 aromatic rings. The van der Waals surface area contributed by atoms with Gasteiger partial charge in [-0.25, -0.2) is 9.37 Å². The highest BCUT2D eigenvalue weighted by molar-refractivity contribution is 5.93. The second-order valence-electron chi connectivity index (χ2n) is 5.01. The van der Waals surface area contributed by atoms with Crippen molar-refractivity contribution in [1.29, 1.82) is 0 Å². The van der Waals surface area contributed by atoms with E-state index in [4.69, 9.17) is 0 Å². The minimum Gasteiger partial charge on any atom is -0.384 e. The van der Waals surface area contributed by atoms with Gasteiger partial charge in [-0.1, -0.05) is 37.3 Å². The highest BCUT2D eigenvalue weighted by Crippen LogP contribution is 2.28. The average Bonchev–Trinajstić information content (AvgIpc) is 2.52. The first-order valence-electron chi connectivity index (χ1n) is 7.17. The number of rotatable bonds is 4. The fourth-order valence-electron chi connectivity index (χ4n) is 2.36. The van der Waals surface area contributed by atoms with Gasteiger partial charge in [0.05, 0.1) is 11.2 Å². The number of anilines is 1. The summed E-state index contributed by atoms with van der Waals surface area (Å²) in [6.07, 6.45) is 1.03. The summed E-state index contributed by atoms with van der Waals surface area (Å²) in [5, 5.41) is 4.35. The molecule has 1 N–H and O–H groups in total. The molecule has 0 atom stereocenters. The van der Waals surface area contributed by atoms with E-state index in [1.807, 2.05) is 36.4 Å². The molecule has 0 saturated carbocycles. The van der Waals surface area contributed by atoms with Crippen LogP contribution in [0, 0.1) is 5.82 Å². The van der Waals surface area contributed by atoms with Crippen LogP contribution < -0.4 is 5.32 Å². The van der Waals surface area contributed by atoms with Crippen molar-refractivity contribution in [3.63, 3.8) is 0 Å². The third-order valence-corrected chi connectivity index (χ3v) is 3.41. The van der Waals surface area contributed by atoms with Crippen molar-refractivity contribution < 1.29 is 4.39 Å². The lowest BCUT2D eigenvalue weighted by Crippen LogP contribution is -2.01. The zero-order valence-electron chi connectivity index (χ0n) is 11.9. The van der Waals surface area contributed by atoms with Gasteiger partial charge < -0.3 is 5.32 Å². The van der Waals surface area contributed by atoms with Gasteiger partial charge >= 0.3 is 0 Å². The fourth-order valence-corrected chi connectivity index (χ4v) is 2.36. The number of fused-ring (bicyclic) bond motifs is 1. The van der Waals surface area contributed by atoms with E-state index in [9.17, 15) is 4.39 Å². The Morgan fingerprint density at radius 2 is 1.86 bits per heavy atom. The molecule has 1 heterocycles. The van der Waals surface area contributed by atoms with Crippen LogP contribution in [0.3, 0.4) is 0 Å². The molecule has 0 amide bonds. The summed E-state index contributed by atoms with van der Waals surface area (Å²) in [6, 6.07) is 16.7. The third-order valence-electron chi connectivity index (χ3n) is 3.41. The number of halogens is 1. The second-order valence-corrected chi connectivity index (χ2v) is 5.01. The van der Waals surface area contributed by atoms with E-state index in [0.29, 0.717) is 5.52 Å². The standard InChI is InChI=1S/C18H17FN2/c1-2-10-20-17-12-16(13-6-4-3-5-7-13)21-18-11-14(19)8-9-15(17)18/h3-9,11-12H,2,10H2,1H3,(H,20,21). The van der Waals surface area contributed by atoms with E-state index >= 15 is 0 Å². The van der Waals surface area contributed by atoms with Gasteiger partial charge in [-0.2, -0.15) is 0 Å². The first kappa shape index (κ1) is 13.6. The van der Waals surface area contributed by atoms with Gasteiger partial charge in [-0.15, -0.1) is 0 Å². The zero-order chi connectivity index (χ0) is 14.7. The van der Waals surface area contributed by atoms with Crippen molar-refractivity contribution in [2.45, 2.75) is 13.3 Å². The predicted molar refractivity (Wildman–Crippen MR) is 85.9 cm³/mol. The normalized spacial score (nSPS) is 10.8. The van der Waals surface area contributed by atoms with E-state index < -0.39 is 0 Å². The van der Waals surface area contributed by atoms with Crippen LogP contribution in [-0.2, 0) is 0 Å². The maximum atomic E-state index is 13.5. The highest BCUT2D eigenvalue weighted by Gasteiger charge is 2.08. The Balaban J connectivity index is 2.17. The van der Waals surface area contributed by atoms with Gasteiger partial charge in [0.1, 0.15) is 5.82 Å². The van der Waals surface area contributed by atoms with Gasteiger partial charge in [-0.3, -0.25) is 0 Å². The number of benzene rings is 2. The van der Waals surface area contributed by atoms with Crippen molar-refractivity contribution in [3.05, 3.63) is 60.4 Å². The van der Waals surface area contributed by atoms with E-state index in [2.05, 4.69) is 17.2 Å². The molecule has 0 aliphatic carbocycles. The van der Waals surface area contributed by atoms with Crippen LogP contribution in [0.5, 0.6) is 0 Å². The smallest absolute Gasteiger partial charge is 0.125 e. The summed E-state index contributed by atoms with van der Waals surface area (Å²) in [5.74, 6) is -0.262. The van der Waals surface area contributed by atoms with Gasteiger partial charge in [0.25, 0.3) is 0 Å². The summed E-state index contributed by atoms with van der Waals surface area (Å²) < 4.78 is 13.5. The molecular weight excluding hydrogens is 263 g/mol. The second kappa shape index (κ2) is 5.92. The molecule has 0 unspecified atom stereocenters. The lowest BCUT2D eigenvalue weighted by molar-refractivity contribution is 0.629. The number of hydrogen-bond acceptors (Lipinski definition) is 2. The van der Waals surface area contributed by atoms with Crippen LogP contribution >= 0.6 is 0 Å². The van der Waals surface area contributed by atoms with E-state index in [1.165, 1.54) is 12.1 Å². The Labute approximate surface area is 123 Å². The molecule has 106 valence electrons. The first-order valence-corrected chi connectivity index (χ1v) is 7.17. The SMILES string of the molecule is CCCNc1cc(-c2ccccc2)nc2cc(F)ccc12. The molecular formula is C18H17FN2. The van der Waals surface area contributed by atoms with Gasteiger partial charge in [0.15, 0.2) is 0 Å². The summed E-state index contributed by atoms with van der Waals surface area (Å²) in [7, 11) is 0. The molecule has 0 saturated heterocycles. The Bertz CT molecular complexity index is 754. The number of aromatic nitrogens is 1. The van der Waals surface area contributed by atoms with Gasteiger partial charge in [0, 0.05) is 29.2 Å². The number of nitrogens with one attached hydrogen (secondary N) is 1. The van der Waals surface area contributed by atoms with E-state index in [-0.39, 0.29) is 5.82 Å². The molecule has 0 bridgehead atoms. The summed E-state index contributed by atoms with van der Waals surface area (Å²) in [6.45, 7) is 3.00. The lowest BCUT2D eigenvalue weighted by Gasteiger charge is -2.11. The summed E-state index contributed by atoms with van der Waals surface area (Å²) in [4.78, 5) is 4.60. The van der Waals surface area contributed by atoms with Crippen molar-refractivity contribution in [2.24, 2.45) is 0 Å². The van der Waals surface area contributed by atoms with Crippen LogP contribution in [0.4, 0.5) is 10.1 Å². The molecule has 2 nitrogen and oxygen atoms in total. The monoisotopic (exact) mass is 280 g/mol. The molecule has 21 heavy (non-hydrogen) atoms. The van der Waals surface area contributed by atoms with Crippen LogP contribution in [-0.4, -0.2) is 11.5 Å². The first-order chi connectivity index (χ1) is 10.3. The molecule has 0 fully saturated rings. The molecule has 0 aliphatic heterocycles. The topological polar surface area (TPSA) is 24.9 Å². The number of hydrogen-bond donors (Lipinski definition) is 1. The third kappa shape index (κ3) is 2.87. The van der Waals surface area contributed by atoms with Crippen LogP contribution in [0.1, 0.15) is 13.3 Å². The van der Waals surface area contributed by atoms with Crippen molar-refractivity contribution in [1.82, 2.24) is 4.98 Å². The quantitative estimate of drug-likeness (QED) is 0.738. The minimum atomic E-state index is -0.262. The molecule has 3 rings (SSSR count). The fraction of sp³-hybridized carbons (Fsp3) is 0.167. The Hall–Kier alpha value is -2.42. The number of pyridine rings is 1. The minimum absolute atomic E-state index is 0.262. The van der Waals surface area contributed by atoms with Crippen molar-refractivity contribution >= 4 is 16.6 Å². The maximum absolute atomic E-state index is 13.5. The van der Waals surface area contributed by atoms with Gasteiger partial charge in [-0.05, 0) is 24.6 Å². The van der Waals surface area contributed by atoms with Crippen LogP contribution in [0.2, 0.25) is 0 Å². The average molecular weight is 280 g/mol. The summed E-state index contributed by atoms with van der Waals surface area (Å²) in [5.41, 5.74) is 3.56. The van der Waals surface area contributed by atoms with Crippen LogP contribution in [0.25, 0.3) is 22.2 Å². The predicted octanol–water partition coefficient (Wildman–Crippen LogP) is 4.86. The van der Waals surface area contributed by atoms with E-state index in [1.54, 1.807) is 6.07 Å². The molecule has 3 heteroatoms. The van der Waals surface area contributed by atoms with Crippen molar-refractivity contribution in [3.8, 4) is 11.3 Å². The Morgan fingerprint density at radius 3 is 2.62 bits per heavy atom. The number of nitrogens with zero attached hydrogens (tertiary/aromatic N) is 1. The van der Waals surface area contributed by atoms with Crippen molar-refractivity contribution in [2.75, 3.05) is 11.9 Å². The van der Waals surface area contributed by atoms with E-state index in [0.717, 1.165) is 35.3 Å². The lowest BCUT2D eigenvalue weighted by atomic mass is 10.1. The molecule has 1 aromatic heterocycles. The molecule has 0 spiro atoms. The maximum Gasteiger partial charge on any atom is 0.125 e. The Kier molecular flexibility index (Phi) is 3.82. The largest absolute Gasteiger partial charge is 0.384 e. The zero-order valence-corrected chi connectivity index (χ0v) is 11.9. The molecule has 2 aromatic carbocycles.